The first-order valence-corrected chi connectivity index (χ1v) is 23.8. The molecule has 0 fully saturated rings. The van der Waals surface area contributed by atoms with Gasteiger partial charge in [-0.1, -0.05) is 209 Å². The molecule has 0 aliphatic carbocycles. The van der Waals surface area contributed by atoms with Crippen LogP contribution in [0.15, 0.2) is 158 Å². The van der Waals surface area contributed by atoms with Crippen LogP contribution >= 0.6 is 0 Å². The largest absolute Gasteiger partial charge is 0.507 e. The number of aromatic hydroxyl groups is 1. The summed E-state index contributed by atoms with van der Waals surface area (Å²) < 4.78 is 61.2. The molecule has 0 bridgehead atoms. The van der Waals surface area contributed by atoms with Gasteiger partial charge in [-0.25, -0.2) is 4.98 Å². The van der Waals surface area contributed by atoms with Crippen molar-refractivity contribution in [2.45, 2.75) is 112 Å². The van der Waals surface area contributed by atoms with Gasteiger partial charge in [-0.05, 0) is 97.8 Å². The molecule has 4 nitrogen and oxygen atoms in total. The number of nitrogens with zero attached hydrogens (tertiary/aromatic N) is 3. The summed E-state index contributed by atoms with van der Waals surface area (Å²) in [5, 5.41) is 12.8. The first-order chi connectivity index (χ1) is 35.4. The molecule has 2 heterocycles. The van der Waals surface area contributed by atoms with E-state index in [-0.39, 0.29) is 48.6 Å². The van der Waals surface area contributed by atoms with Gasteiger partial charge >= 0.3 is 0 Å². The van der Waals surface area contributed by atoms with E-state index in [9.17, 15) is 5.11 Å². The smallest absolute Gasteiger partial charge is 0.148 e. The number of aromatic nitrogens is 3. The Bertz CT molecular complexity index is 3700. The minimum absolute atomic E-state index is 0. The zero-order valence-electron chi connectivity index (χ0n) is 49.3. The molecule has 0 saturated heterocycles. The summed E-state index contributed by atoms with van der Waals surface area (Å²) in [6.07, 6.45) is 1.56. The molecule has 0 atom stereocenters. The molecule has 0 radical (unpaired) electrons. The number of fused-ring (bicyclic) bond motifs is 1. The molecule has 0 amide bonds. The van der Waals surface area contributed by atoms with E-state index >= 15 is 0 Å². The molecule has 0 unspecified atom stereocenters. The maximum Gasteiger partial charge on any atom is 0.148 e. The Balaban J connectivity index is 0.00000784. The van der Waals surface area contributed by atoms with Crippen LogP contribution in [0.3, 0.4) is 0 Å². The molecule has 0 aliphatic rings. The Morgan fingerprint density at radius 1 is 0.529 bits per heavy atom. The average Bonchev–Trinajstić information content (AvgIpc) is 3.75. The first kappa shape index (κ1) is 41.4. The van der Waals surface area contributed by atoms with E-state index < -0.39 is 42.0 Å². The molecule has 5 heteroatoms. The zero-order chi connectivity index (χ0) is 55.2. The maximum absolute atomic E-state index is 12.8. The molecule has 9 rings (SSSR count). The van der Waals surface area contributed by atoms with Crippen LogP contribution in [0.4, 0.5) is 0 Å². The fourth-order valence-electron chi connectivity index (χ4n) is 9.13. The third-order valence-corrected chi connectivity index (χ3v) is 13.0. The van der Waals surface area contributed by atoms with Crippen LogP contribution in [0.25, 0.3) is 83.9 Å². The van der Waals surface area contributed by atoms with Gasteiger partial charge in [0.05, 0.1) is 27.8 Å². The topological polar surface area (TPSA) is 50.9 Å². The van der Waals surface area contributed by atoms with Gasteiger partial charge in [0.1, 0.15) is 11.6 Å². The van der Waals surface area contributed by atoms with E-state index in [0.29, 0.717) is 33.7 Å². The van der Waals surface area contributed by atoms with E-state index in [1.54, 1.807) is 18.3 Å². The van der Waals surface area contributed by atoms with Crippen molar-refractivity contribution in [3.8, 4) is 78.6 Å². The number of hydrogen-bond acceptors (Lipinski definition) is 3. The second kappa shape index (κ2) is 18.8. The molecular weight excluding hydrogens is 1030 g/mol. The minimum Gasteiger partial charge on any atom is -0.507 e. The number of para-hydroxylation sites is 1. The molecular formula is C65H66N3OPt-. The molecule has 358 valence electrons. The summed E-state index contributed by atoms with van der Waals surface area (Å²) in [6.45, 7) is 23.3. The van der Waals surface area contributed by atoms with Gasteiger partial charge in [0.2, 0.25) is 0 Å². The van der Waals surface area contributed by atoms with Gasteiger partial charge < -0.3 is 5.11 Å². The molecule has 0 spiro atoms. The average molecular weight is 1110 g/mol. The Morgan fingerprint density at radius 2 is 1.13 bits per heavy atom. The molecule has 7 aromatic carbocycles. The summed E-state index contributed by atoms with van der Waals surface area (Å²) in [6, 6.07) is 45.1. The summed E-state index contributed by atoms with van der Waals surface area (Å²) in [5.41, 5.74) is 12.3. The van der Waals surface area contributed by atoms with Gasteiger partial charge in [-0.3, -0.25) is 9.55 Å². The number of rotatable bonds is 7. The predicted molar refractivity (Wildman–Crippen MR) is 292 cm³/mol. The van der Waals surface area contributed by atoms with Crippen molar-refractivity contribution in [3.63, 3.8) is 0 Å². The molecule has 0 saturated carbocycles. The number of pyridine rings is 1. The molecule has 9 aromatic rings. The predicted octanol–water partition coefficient (Wildman–Crippen LogP) is 17.4. The minimum atomic E-state index is -2.84. The van der Waals surface area contributed by atoms with E-state index in [1.807, 2.05) is 30.3 Å². The molecule has 70 heavy (non-hydrogen) atoms. The summed E-state index contributed by atoms with van der Waals surface area (Å²) in [5.74, 6) is 0.737. The standard InChI is InChI=1S/C65H66N3O.Pt/c1-41-27-29-42(30-28-41)45-31-32-66-56(36-45)47-33-46(34-48(35-47)62(2,3)4)50-25-20-26-57-59(50)67-61(53-37-49(63(5,6)7)38-55(60(53)69)65(11,12)13)68(57)58-40-51(43-21-16-14-17-22-43)54(64(8,9)10)39-52(58)44-23-18-15-19-24-44;/h14-32,34-40,69H,1-13H3;/q-1;/i1D3,27D,28D,29D,30D;. The van der Waals surface area contributed by atoms with Crippen LogP contribution in [0.1, 0.15) is 120 Å². The third kappa shape index (κ3) is 9.86. The van der Waals surface area contributed by atoms with Crippen molar-refractivity contribution >= 4 is 11.0 Å². The quantitative estimate of drug-likeness (QED) is 0.162. The van der Waals surface area contributed by atoms with Crippen molar-refractivity contribution in [3.05, 3.63) is 192 Å². The van der Waals surface area contributed by atoms with Gasteiger partial charge in [0, 0.05) is 48.2 Å². The monoisotopic (exact) mass is 1110 g/mol. The fourth-order valence-corrected chi connectivity index (χ4v) is 9.13. The van der Waals surface area contributed by atoms with Gasteiger partial charge in [-0.15, -0.1) is 29.3 Å². The number of hydrogen-bond donors (Lipinski definition) is 1. The van der Waals surface area contributed by atoms with Crippen molar-refractivity contribution in [1.82, 2.24) is 14.5 Å². The van der Waals surface area contributed by atoms with Crippen LogP contribution in [0.2, 0.25) is 0 Å². The summed E-state index contributed by atoms with van der Waals surface area (Å²) in [4.78, 5) is 10.5. The zero-order valence-corrected chi connectivity index (χ0v) is 44.6. The second-order valence-electron chi connectivity index (χ2n) is 22.4. The van der Waals surface area contributed by atoms with Crippen molar-refractivity contribution in [2.75, 3.05) is 0 Å². The van der Waals surface area contributed by atoms with E-state index in [2.05, 4.69) is 179 Å². The van der Waals surface area contributed by atoms with Crippen LogP contribution in [0, 0.1) is 12.9 Å². The van der Waals surface area contributed by atoms with E-state index in [1.165, 1.54) is 5.56 Å². The number of imidazole rings is 1. The molecule has 2 aromatic heterocycles. The van der Waals surface area contributed by atoms with Crippen molar-refractivity contribution in [1.29, 1.82) is 0 Å². The van der Waals surface area contributed by atoms with Crippen LogP contribution < -0.4 is 0 Å². The number of phenols is 1. The molecule has 1 N–H and O–H groups in total. The van der Waals surface area contributed by atoms with Crippen LogP contribution in [-0.4, -0.2) is 19.6 Å². The Kier molecular flexibility index (Phi) is 11.1. The van der Waals surface area contributed by atoms with E-state index in [0.717, 1.165) is 61.3 Å². The third-order valence-electron chi connectivity index (χ3n) is 13.0. The normalized spacial score (nSPS) is 13.9. The summed E-state index contributed by atoms with van der Waals surface area (Å²) >= 11 is 0. The van der Waals surface area contributed by atoms with Crippen LogP contribution in [0.5, 0.6) is 5.75 Å². The van der Waals surface area contributed by atoms with Crippen molar-refractivity contribution in [2.24, 2.45) is 0 Å². The SMILES string of the molecule is [2H]c1c([2H])c(C([2H])([2H])[2H])c([2H])c([2H])c1-c1ccnc(-c2[c-]c(-c3cccc4c3nc(-c3cc(C(C)(C)C)cc(C(C)(C)C)c3O)n4-c3cc(-c4ccccc4)c(C(C)(C)C)cc3-c3ccccc3)cc(C(C)(C)C)c2)c1.[Pt]. The maximum atomic E-state index is 12.8. The molecule has 0 aliphatic heterocycles. The van der Waals surface area contributed by atoms with E-state index in [4.69, 9.17) is 19.6 Å². The first-order valence-electron chi connectivity index (χ1n) is 27.3. The van der Waals surface area contributed by atoms with Crippen LogP contribution in [-0.2, 0) is 42.7 Å². The number of phenolic OH excluding ortho intramolecular Hbond substituents is 1. The van der Waals surface area contributed by atoms with Gasteiger partial charge in [-0.2, -0.15) is 0 Å². The second-order valence-corrected chi connectivity index (χ2v) is 22.4. The summed E-state index contributed by atoms with van der Waals surface area (Å²) in [7, 11) is 0. The van der Waals surface area contributed by atoms with Gasteiger partial charge in [0.25, 0.3) is 0 Å². The Labute approximate surface area is 441 Å². The van der Waals surface area contributed by atoms with Crippen molar-refractivity contribution < 1.29 is 35.8 Å². The Hall–Kier alpha value is -6.35. The number of benzene rings is 7. The Morgan fingerprint density at radius 3 is 1.73 bits per heavy atom. The van der Waals surface area contributed by atoms with Gasteiger partial charge in [0.15, 0.2) is 0 Å². The fraction of sp³-hybridized carbons (Fsp3) is 0.262.